The van der Waals surface area contributed by atoms with Crippen LogP contribution in [0.25, 0.3) is 0 Å². The van der Waals surface area contributed by atoms with Crippen LogP contribution in [-0.4, -0.2) is 14.5 Å². The molecule has 0 aromatic heterocycles. The van der Waals surface area contributed by atoms with Crippen molar-refractivity contribution in [2.75, 3.05) is 0 Å². The molecule has 1 aromatic carbocycles. The van der Waals surface area contributed by atoms with Gasteiger partial charge in [0.2, 0.25) is 10.0 Å². The molecule has 1 atom stereocenters. The molecule has 1 aliphatic carbocycles. The SMILES string of the molecule is Cc1ccc(C#N)cc1S(=O)(=O)NC1CC1(C)C. The van der Waals surface area contributed by atoms with Crippen LogP contribution in [0.4, 0.5) is 0 Å². The summed E-state index contributed by atoms with van der Waals surface area (Å²) in [6.07, 6.45) is 0.850. The summed E-state index contributed by atoms with van der Waals surface area (Å²) in [4.78, 5) is 0.198. The van der Waals surface area contributed by atoms with Crippen molar-refractivity contribution in [1.82, 2.24) is 4.72 Å². The molecule has 1 unspecified atom stereocenters. The molecule has 0 aliphatic heterocycles. The van der Waals surface area contributed by atoms with Gasteiger partial charge in [0.05, 0.1) is 16.5 Å². The van der Waals surface area contributed by atoms with E-state index in [2.05, 4.69) is 4.72 Å². The Morgan fingerprint density at radius 3 is 2.56 bits per heavy atom. The lowest BCUT2D eigenvalue weighted by Crippen LogP contribution is -2.29. The lowest BCUT2D eigenvalue weighted by Gasteiger charge is -2.10. The van der Waals surface area contributed by atoms with Crippen molar-refractivity contribution in [1.29, 1.82) is 5.26 Å². The third-order valence-electron chi connectivity index (χ3n) is 3.42. The Bertz CT molecular complexity index is 627. The smallest absolute Gasteiger partial charge is 0.208 e. The first-order valence-electron chi connectivity index (χ1n) is 5.79. The van der Waals surface area contributed by atoms with E-state index in [1.54, 1.807) is 19.1 Å². The van der Waals surface area contributed by atoms with E-state index in [0.29, 0.717) is 11.1 Å². The zero-order valence-corrected chi connectivity index (χ0v) is 11.5. The van der Waals surface area contributed by atoms with Gasteiger partial charge in [-0.1, -0.05) is 19.9 Å². The van der Waals surface area contributed by atoms with Crippen molar-refractivity contribution in [3.63, 3.8) is 0 Å². The van der Waals surface area contributed by atoms with Crippen LogP contribution in [0.2, 0.25) is 0 Å². The topological polar surface area (TPSA) is 70.0 Å². The van der Waals surface area contributed by atoms with Gasteiger partial charge in [-0.2, -0.15) is 5.26 Å². The first kappa shape index (κ1) is 13.1. The van der Waals surface area contributed by atoms with Gasteiger partial charge in [-0.15, -0.1) is 0 Å². The lowest BCUT2D eigenvalue weighted by atomic mass is 10.2. The van der Waals surface area contributed by atoms with E-state index in [1.807, 2.05) is 19.9 Å². The lowest BCUT2D eigenvalue weighted by molar-refractivity contribution is 0.554. The molecule has 5 heteroatoms. The molecule has 96 valence electrons. The van der Waals surface area contributed by atoms with Crippen LogP contribution in [0, 0.1) is 23.7 Å². The Labute approximate surface area is 108 Å². The Morgan fingerprint density at radius 1 is 1.44 bits per heavy atom. The van der Waals surface area contributed by atoms with Gasteiger partial charge in [-0.05, 0) is 36.5 Å². The highest BCUT2D eigenvalue weighted by atomic mass is 32.2. The normalized spacial score (nSPS) is 21.3. The number of rotatable bonds is 3. The van der Waals surface area contributed by atoms with Crippen molar-refractivity contribution in [2.24, 2.45) is 5.41 Å². The van der Waals surface area contributed by atoms with E-state index < -0.39 is 10.0 Å². The number of hydrogen-bond donors (Lipinski definition) is 1. The molecule has 0 radical (unpaired) electrons. The minimum Gasteiger partial charge on any atom is -0.208 e. The van der Waals surface area contributed by atoms with E-state index in [0.717, 1.165) is 6.42 Å². The number of benzene rings is 1. The van der Waals surface area contributed by atoms with Crippen LogP contribution >= 0.6 is 0 Å². The van der Waals surface area contributed by atoms with Gasteiger partial charge in [-0.25, -0.2) is 13.1 Å². The van der Waals surface area contributed by atoms with Crippen molar-refractivity contribution in [3.8, 4) is 6.07 Å². The number of nitrogens with zero attached hydrogens (tertiary/aromatic N) is 1. The summed E-state index contributed by atoms with van der Waals surface area (Å²) in [6.45, 7) is 5.78. The molecule has 0 amide bonds. The highest BCUT2D eigenvalue weighted by Crippen LogP contribution is 2.45. The zero-order chi connectivity index (χ0) is 13.6. The van der Waals surface area contributed by atoms with Crippen LogP contribution in [0.5, 0.6) is 0 Å². The van der Waals surface area contributed by atoms with Crippen LogP contribution in [0.1, 0.15) is 31.4 Å². The quantitative estimate of drug-likeness (QED) is 0.907. The number of aryl methyl sites for hydroxylation is 1. The predicted octanol–water partition coefficient (Wildman–Crippen LogP) is 1.94. The van der Waals surface area contributed by atoms with Crippen molar-refractivity contribution >= 4 is 10.0 Å². The predicted molar refractivity (Wildman–Crippen MR) is 68.4 cm³/mol. The number of sulfonamides is 1. The molecule has 1 saturated carbocycles. The fraction of sp³-hybridized carbons (Fsp3) is 0.462. The number of nitriles is 1. The van der Waals surface area contributed by atoms with Crippen LogP contribution in [0.3, 0.4) is 0 Å². The van der Waals surface area contributed by atoms with E-state index in [-0.39, 0.29) is 16.4 Å². The molecule has 4 nitrogen and oxygen atoms in total. The average molecular weight is 264 g/mol. The maximum atomic E-state index is 12.2. The van der Waals surface area contributed by atoms with Gasteiger partial charge in [0, 0.05) is 6.04 Å². The minimum atomic E-state index is -3.53. The third kappa shape index (κ3) is 2.40. The molecule has 2 rings (SSSR count). The molecule has 0 heterocycles. The molecule has 0 spiro atoms. The molecular weight excluding hydrogens is 248 g/mol. The van der Waals surface area contributed by atoms with Gasteiger partial charge in [-0.3, -0.25) is 0 Å². The first-order valence-corrected chi connectivity index (χ1v) is 7.28. The summed E-state index contributed by atoms with van der Waals surface area (Å²) in [5, 5.41) is 8.83. The summed E-state index contributed by atoms with van der Waals surface area (Å²) in [5.74, 6) is 0. The van der Waals surface area contributed by atoms with Crippen LogP contribution in [0.15, 0.2) is 23.1 Å². The maximum absolute atomic E-state index is 12.2. The molecule has 0 bridgehead atoms. The first-order chi connectivity index (χ1) is 8.26. The highest BCUT2D eigenvalue weighted by molar-refractivity contribution is 7.89. The standard InChI is InChI=1S/C13H16N2O2S/c1-9-4-5-10(8-14)6-11(9)18(16,17)15-12-7-13(12,2)3/h4-6,12,15H,7H2,1-3H3. The van der Waals surface area contributed by atoms with Crippen LogP contribution < -0.4 is 4.72 Å². The van der Waals surface area contributed by atoms with Gasteiger partial charge in [0.25, 0.3) is 0 Å². The zero-order valence-electron chi connectivity index (χ0n) is 10.7. The van der Waals surface area contributed by atoms with Crippen molar-refractivity contribution in [3.05, 3.63) is 29.3 Å². The fourth-order valence-corrected chi connectivity index (χ4v) is 3.56. The molecule has 1 fully saturated rings. The molecule has 0 saturated heterocycles. The summed E-state index contributed by atoms with van der Waals surface area (Å²) < 4.78 is 27.2. The Morgan fingerprint density at radius 2 is 2.06 bits per heavy atom. The van der Waals surface area contributed by atoms with E-state index in [4.69, 9.17) is 5.26 Å². The second kappa shape index (κ2) is 4.08. The van der Waals surface area contributed by atoms with E-state index >= 15 is 0 Å². The molecule has 18 heavy (non-hydrogen) atoms. The van der Waals surface area contributed by atoms with Gasteiger partial charge in [0.15, 0.2) is 0 Å². The summed E-state index contributed by atoms with van der Waals surface area (Å²) in [5.41, 5.74) is 1.05. The third-order valence-corrected chi connectivity index (χ3v) is 5.03. The fourth-order valence-electron chi connectivity index (χ4n) is 1.88. The molecule has 1 aliphatic rings. The number of nitrogens with one attached hydrogen (secondary N) is 1. The van der Waals surface area contributed by atoms with Gasteiger partial charge in [0.1, 0.15) is 0 Å². The van der Waals surface area contributed by atoms with Crippen LogP contribution in [-0.2, 0) is 10.0 Å². The molecule has 1 aromatic rings. The average Bonchev–Trinajstić information content (AvgIpc) is 2.85. The summed E-state index contributed by atoms with van der Waals surface area (Å²) in [6, 6.07) is 6.65. The minimum absolute atomic E-state index is 0.00681. The van der Waals surface area contributed by atoms with Crippen molar-refractivity contribution in [2.45, 2.75) is 38.1 Å². The largest absolute Gasteiger partial charge is 0.241 e. The highest BCUT2D eigenvalue weighted by Gasteiger charge is 2.48. The Balaban J connectivity index is 2.33. The Hall–Kier alpha value is -1.38. The second-order valence-electron chi connectivity index (χ2n) is 5.46. The Kier molecular flexibility index (Phi) is 2.96. The monoisotopic (exact) mass is 264 g/mol. The van der Waals surface area contributed by atoms with Gasteiger partial charge < -0.3 is 0 Å². The van der Waals surface area contributed by atoms with E-state index in [9.17, 15) is 8.42 Å². The second-order valence-corrected chi connectivity index (χ2v) is 7.14. The summed E-state index contributed by atoms with van der Waals surface area (Å²) in [7, 11) is -3.53. The van der Waals surface area contributed by atoms with E-state index in [1.165, 1.54) is 6.07 Å². The van der Waals surface area contributed by atoms with Crippen molar-refractivity contribution < 1.29 is 8.42 Å². The maximum Gasteiger partial charge on any atom is 0.241 e. The number of hydrogen-bond acceptors (Lipinski definition) is 3. The summed E-state index contributed by atoms with van der Waals surface area (Å²) >= 11 is 0. The van der Waals surface area contributed by atoms with Gasteiger partial charge >= 0.3 is 0 Å². The molecular formula is C13H16N2O2S. The molecule has 1 N–H and O–H groups in total.